The average molecular weight is 866 g/mol. The Morgan fingerprint density at radius 3 is 1.62 bits per heavy atom. The first-order valence-electron chi connectivity index (χ1n) is 23.5. The van der Waals surface area contributed by atoms with Crippen molar-refractivity contribution in [3.05, 3.63) is 283 Å². The van der Waals surface area contributed by atoms with Gasteiger partial charge in [0.1, 0.15) is 0 Å². The fourth-order valence-corrected chi connectivity index (χ4v) is 11.8. The molecular formula is C65H43N3. The Balaban J connectivity index is 1.05. The van der Waals surface area contributed by atoms with E-state index in [0.29, 0.717) is 0 Å². The normalized spacial score (nSPS) is 14.2. The van der Waals surface area contributed by atoms with Gasteiger partial charge >= 0.3 is 0 Å². The average Bonchev–Trinajstić information content (AvgIpc) is 4.01. The number of anilines is 6. The molecule has 0 N–H and O–H groups in total. The van der Waals surface area contributed by atoms with Gasteiger partial charge in [-0.2, -0.15) is 0 Å². The molecule has 0 saturated carbocycles. The van der Waals surface area contributed by atoms with Gasteiger partial charge in [-0.3, -0.25) is 0 Å². The molecule has 2 aliphatic carbocycles. The number of rotatable bonds is 7. The Morgan fingerprint density at radius 1 is 0.294 bits per heavy atom. The summed E-state index contributed by atoms with van der Waals surface area (Å²) in [6, 6.07) is 96.2. The van der Waals surface area contributed by atoms with Gasteiger partial charge in [-0.1, -0.05) is 176 Å². The number of fused-ring (bicyclic) bond motifs is 14. The van der Waals surface area contributed by atoms with E-state index in [1.54, 1.807) is 0 Å². The maximum absolute atomic E-state index is 2.51. The van der Waals surface area contributed by atoms with E-state index in [2.05, 4.69) is 275 Å². The molecule has 1 atom stereocenters. The van der Waals surface area contributed by atoms with Crippen LogP contribution in [0.1, 0.15) is 22.3 Å². The van der Waals surface area contributed by atoms with Gasteiger partial charge < -0.3 is 14.4 Å². The smallest absolute Gasteiger partial charge is 0.0727 e. The molecule has 0 saturated heterocycles. The van der Waals surface area contributed by atoms with Gasteiger partial charge in [-0.05, 0) is 135 Å². The van der Waals surface area contributed by atoms with Crippen LogP contribution in [0.2, 0.25) is 0 Å². The van der Waals surface area contributed by atoms with Gasteiger partial charge in [0.05, 0.1) is 22.1 Å². The highest BCUT2D eigenvalue weighted by Crippen LogP contribution is 2.65. The lowest BCUT2D eigenvalue weighted by Gasteiger charge is -2.33. The standard InChI is InChI=1S/C65H43N3/c1-4-21-46(22-5-1)66(47-23-6-2-7-24-47)50-37-39-53-52-27-12-15-30-57(52)65(60(53)42-50)58-31-16-13-29-56(58)64-59(65)32-18-34-62(64)67(49-36-35-44-19-10-11-20-45(44)41-49)51-38-40-55-54-28-14-17-33-61(54)68(63(55)43-51)48-25-8-3-9-26-48/h1-43H. The van der Waals surface area contributed by atoms with Gasteiger partial charge in [-0.25, -0.2) is 0 Å². The molecule has 3 heteroatoms. The Kier molecular flexibility index (Phi) is 8.50. The Hall–Kier alpha value is -8.92. The molecular weight excluding hydrogens is 823 g/mol. The summed E-state index contributed by atoms with van der Waals surface area (Å²) in [6.07, 6.45) is 0. The quantitative estimate of drug-likeness (QED) is 0.158. The number of benzene rings is 11. The van der Waals surface area contributed by atoms with E-state index in [9.17, 15) is 0 Å². The van der Waals surface area contributed by atoms with Crippen molar-refractivity contribution in [2.75, 3.05) is 9.80 Å². The van der Waals surface area contributed by atoms with E-state index in [1.165, 1.54) is 71.6 Å². The molecule has 0 bridgehead atoms. The van der Waals surface area contributed by atoms with Crippen LogP contribution in [-0.4, -0.2) is 4.57 Å². The van der Waals surface area contributed by atoms with Crippen LogP contribution in [0, 0.1) is 0 Å². The van der Waals surface area contributed by atoms with Crippen molar-refractivity contribution >= 4 is 66.7 Å². The number of para-hydroxylation sites is 4. The summed E-state index contributed by atoms with van der Waals surface area (Å²) < 4.78 is 2.42. The van der Waals surface area contributed by atoms with Crippen LogP contribution in [0.5, 0.6) is 0 Å². The number of aromatic nitrogens is 1. The highest BCUT2D eigenvalue weighted by atomic mass is 15.2. The Morgan fingerprint density at radius 2 is 0.838 bits per heavy atom. The van der Waals surface area contributed by atoms with Crippen molar-refractivity contribution in [3.8, 4) is 27.9 Å². The van der Waals surface area contributed by atoms with Crippen molar-refractivity contribution in [3.63, 3.8) is 0 Å². The fraction of sp³-hybridized carbons (Fsp3) is 0.0154. The lowest BCUT2D eigenvalue weighted by atomic mass is 9.70. The van der Waals surface area contributed by atoms with Gasteiger partial charge in [0.25, 0.3) is 0 Å². The summed E-state index contributed by atoms with van der Waals surface area (Å²) in [5.41, 5.74) is 19.8. The molecule has 0 radical (unpaired) electrons. The predicted octanol–water partition coefficient (Wildman–Crippen LogP) is 17.2. The summed E-state index contributed by atoms with van der Waals surface area (Å²) in [4.78, 5) is 4.90. The third-order valence-electron chi connectivity index (χ3n) is 14.5. The van der Waals surface area contributed by atoms with Gasteiger partial charge in [-0.15, -0.1) is 0 Å². The Bertz CT molecular complexity index is 3890. The zero-order chi connectivity index (χ0) is 44.8. The van der Waals surface area contributed by atoms with Crippen molar-refractivity contribution < 1.29 is 0 Å². The molecule has 2 aliphatic rings. The molecule has 14 rings (SSSR count). The highest BCUT2D eigenvalue weighted by molar-refractivity contribution is 6.11. The van der Waals surface area contributed by atoms with E-state index < -0.39 is 5.41 Å². The highest BCUT2D eigenvalue weighted by Gasteiger charge is 2.52. The van der Waals surface area contributed by atoms with Crippen LogP contribution < -0.4 is 9.80 Å². The molecule has 11 aromatic carbocycles. The van der Waals surface area contributed by atoms with Crippen molar-refractivity contribution in [1.29, 1.82) is 0 Å². The summed E-state index contributed by atoms with van der Waals surface area (Å²) >= 11 is 0. The van der Waals surface area contributed by atoms with E-state index in [0.717, 1.165) is 45.3 Å². The van der Waals surface area contributed by atoms with Crippen LogP contribution in [0.3, 0.4) is 0 Å². The molecule has 1 aromatic heterocycles. The molecule has 68 heavy (non-hydrogen) atoms. The minimum atomic E-state index is -0.582. The third-order valence-corrected chi connectivity index (χ3v) is 14.5. The minimum absolute atomic E-state index is 0.582. The zero-order valence-corrected chi connectivity index (χ0v) is 37.2. The van der Waals surface area contributed by atoms with E-state index in [1.807, 2.05) is 0 Å². The molecule has 0 aliphatic heterocycles. The van der Waals surface area contributed by atoms with E-state index >= 15 is 0 Å². The molecule has 1 heterocycles. The largest absolute Gasteiger partial charge is 0.310 e. The monoisotopic (exact) mass is 865 g/mol. The lowest BCUT2D eigenvalue weighted by Crippen LogP contribution is -2.26. The van der Waals surface area contributed by atoms with Gasteiger partial charge in [0.2, 0.25) is 0 Å². The first-order chi connectivity index (χ1) is 33.8. The summed E-state index contributed by atoms with van der Waals surface area (Å²) in [6.45, 7) is 0. The molecule has 0 fully saturated rings. The van der Waals surface area contributed by atoms with Crippen molar-refractivity contribution in [1.82, 2.24) is 4.57 Å². The molecule has 318 valence electrons. The van der Waals surface area contributed by atoms with Crippen LogP contribution in [0.25, 0.3) is 60.5 Å². The second kappa shape index (κ2) is 15.1. The molecule has 0 amide bonds. The van der Waals surface area contributed by atoms with Gasteiger partial charge in [0.15, 0.2) is 0 Å². The maximum atomic E-state index is 2.51. The number of hydrogen-bond donors (Lipinski definition) is 0. The second-order valence-electron chi connectivity index (χ2n) is 18.0. The fourth-order valence-electron chi connectivity index (χ4n) is 11.8. The second-order valence-corrected chi connectivity index (χ2v) is 18.0. The van der Waals surface area contributed by atoms with Crippen molar-refractivity contribution in [2.45, 2.75) is 5.41 Å². The molecule has 1 spiro atoms. The van der Waals surface area contributed by atoms with Crippen LogP contribution in [-0.2, 0) is 5.41 Å². The lowest BCUT2D eigenvalue weighted by molar-refractivity contribution is 0.793. The SMILES string of the molecule is c1ccc(N(c2ccccc2)c2ccc3c(c2)C2(c4ccccc4-3)c3ccccc3-c3c(N(c4ccc5ccccc5c4)c4ccc5c6ccccc6n(-c6ccccc6)c5c4)cccc32)cc1. The topological polar surface area (TPSA) is 11.4 Å². The first kappa shape index (κ1) is 38.4. The van der Waals surface area contributed by atoms with Gasteiger partial charge in [0, 0.05) is 50.5 Å². The minimum Gasteiger partial charge on any atom is -0.310 e. The van der Waals surface area contributed by atoms with Crippen LogP contribution in [0.15, 0.2) is 261 Å². The van der Waals surface area contributed by atoms with E-state index in [-0.39, 0.29) is 0 Å². The summed E-state index contributed by atoms with van der Waals surface area (Å²) in [5.74, 6) is 0. The first-order valence-corrected chi connectivity index (χ1v) is 23.5. The van der Waals surface area contributed by atoms with Crippen molar-refractivity contribution in [2.24, 2.45) is 0 Å². The molecule has 1 unspecified atom stereocenters. The molecule has 3 nitrogen and oxygen atoms in total. The van der Waals surface area contributed by atoms with Crippen LogP contribution >= 0.6 is 0 Å². The summed E-state index contributed by atoms with van der Waals surface area (Å²) in [7, 11) is 0. The predicted molar refractivity (Wildman–Crippen MR) is 284 cm³/mol. The van der Waals surface area contributed by atoms with Crippen LogP contribution in [0.4, 0.5) is 34.1 Å². The number of hydrogen-bond acceptors (Lipinski definition) is 2. The van der Waals surface area contributed by atoms with E-state index in [4.69, 9.17) is 0 Å². The molecule has 12 aromatic rings. The Labute approximate surface area is 395 Å². The number of nitrogens with zero attached hydrogens (tertiary/aromatic N) is 3. The summed E-state index contributed by atoms with van der Waals surface area (Å²) in [5, 5.41) is 4.88. The third kappa shape index (κ3) is 5.54. The zero-order valence-electron chi connectivity index (χ0n) is 37.2. The maximum Gasteiger partial charge on any atom is 0.0727 e.